The van der Waals surface area contributed by atoms with Gasteiger partial charge in [0.1, 0.15) is 4.90 Å². The van der Waals surface area contributed by atoms with Crippen LogP contribution in [0.4, 0.5) is 0 Å². The quantitative estimate of drug-likeness (QED) is 0.805. The predicted molar refractivity (Wildman–Crippen MR) is 84.1 cm³/mol. The lowest BCUT2D eigenvalue weighted by molar-refractivity contribution is 0.329. The summed E-state index contributed by atoms with van der Waals surface area (Å²) in [5, 5.41) is 0. The van der Waals surface area contributed by atoms with Gasteiger partial charge in [-0.1, -0.05) is 13.8 Å². The van der Waals surface area contributed by atoms with Crippen LogP contribution in [0.3, 0.4) is 0 Å². The molecule has 0 aliphatic heterocycles. The first-order chi connectivity index (χ1) is 9.20. The zero-order valence-corrected chi connectivity index (χ0v) is 14.7. The summed E-state index contributed by atoms with van der Waals surface area (Å²) in [5.41, 5.74) is 0. The van der Waals surface area contributed by atoms with Crippen LogP contribution in [0.2, 0.25) is 0 Å². The largest absolute Gasteiger partial charge is 0.308 e. The minimum atomic E-state index is -3.54. The number of likely N-dealkylation sites (N-methyl/N-ethyl adjacent to an activating group) is 1. The van der Waals surface area contributed by atoms with E-state index in [1.807, 2.05) is 19.0 Å². The van der Waals surface area contributed by atoms with Gasteiger partial charge >= 0.3 is 0 Å². The van der Waals surface area contributed by atoms with E-state index in [4.69, 9.17) is 0 Å². The summed E-state index contributed by atoms with van der Waals surface area (Å²) in [6.07, 6.45) is 3.71. The third-order valence-electron chi connectivity index (χ3n) is 2.65. The van der Waals surface area contributed by atoms with E-state index < -0.39 is 10.0 Å². The van der Waals surface area contributed by atoms with Crippen LogP contribution in [0.1, 0.15) is 20.3 Å². The zero-order valence-electron chi connectivity index (χ0n) is 12.3. The lowest BCUT2D eigenvalue weighted by Crippen LogP contribution is -2.42. The topological polar surface area (TPSA) is 62.3 Å². The molecular formula is C13H22BrN3O2S. The molecule has 1 aromatic heterocycles. The molecule has 1 unspecified atom stereocenters. The van der Waals surface area contributed by atoms with Crippen LogP contribution in [-0.2, 0) is 10.0 Å². The number of halogens is 1. The first-order valence-electron chi connectivity index (χ1n) is 6.48. The molecule has 1 N–H and O–H groups in total. The lowest BCUT2D eigenvalue weighted by Gasteiger charge is -2.23. The fourth-order valence-electron chi connectivity index (χ4n) is 2.00. The summed E-state index contributed by atoms with van der Waals surface area (Å²) in [5.74, 6) is 0.420. The third-order valence-corrected chi connectivity index (χ3v) is 4.57. The summed E-state index contributed by atoms with van der Waals surface area (Å²) >= 11 is 3.24. The Bertz CT molecular complexity index is 522. The maximum Gasteiger partial charge on any atom is 0.242 e. The molecule has 5 nitrogen and oxygen atoms in total. The van der Waals surface area contributed by atoms with E-state index in [2.05, 4.69) is 39.5 Å². The fourth-order valence-corrected chi connectivity index (χ4v) is 3.74. The second-order valence-electron chi connectivity index (χ2n) is 5.55. The van der Waals surface area contributed by atoms with Crippen LogP contribution < -0.4 is 4.72 Å². The summed E-state index contributed by atoms with van der Waals surface area (Å²) in [6.45, 7) is 4.83. The van der Waals surface area contributed by atoms with E-state index in [0.29, 0.717) is 16.9 Å². The van der Waals surface area contributed by atoms with Crippen molar-refractivity contribution in [1.82, 2.24) is 14.6 Å². The number of hydrogen-bond acceptors (Lipinski definition) is 4. The van der Waals surface area contributed by atoms with Gasteiger partial charge in [0.15, 0.2) is 0 Å². The summed E-state index contributed by atoms with van der Waals surface area (Å²) < 4.78 is 28.2. The van der Waals surface area contributed by atoms with Gasteiger partial charge in [-0.25, -0.2) is 13.1 Å². The number of sulfonamides is 1. The SMILES string of the molecule is CC(C)CC(CN(C)C)NS(=O)(=O)c1cncc(Br)c1. The highest BCUT2D eigenvalue weighted by Crippen LogP contribution is 2.16. The van der Waals surface area contributed by atoms with Gasteiger partial charge in [-0.2, -0.15) is 0 Å². The number of pyridine rings is 1. The maximum absolute atomic E-state index is 12.4. The second-order valence-corrected chi connectivity index (χ2v) is 8.18. The molecule has 7 heteroatoms. The number of nitrogens with one attached hydrogen (secondary N) is 1. The molecule has 0 amide bonds. The van der Waals surface area contributed by atoms with E-state index in [-0.39, 0.29) is 10.9 Å². The molecule has 1 heterocycles. The van der Waals surface area contributed by atoms with Gasteiger partial charge in [0, 0.05) is 29.5 Å². The fraction of sp³-hybridized carbons (Fsp3) is 0.615. The molecule has 0 aromatic carbocycles. The van der Waals surface area contributed by atoms with Gasteiger partial charge in [-0.15, -0.1) is 0 Å². The van der Waals surface area contributed by atoms with Gasteiger partial charge < -0.3 is 4.90 Å². The van der Waals surface area contributed by atoms with Crippen LogP contribution >= 0.6 is 15.9 Å². The molecule has 0 aliphatic carbocycles. The van der Waals surface area contributed by atoms with Gasteiger partial charge in [-0.3, -0.25) is 4.98 Å². The summed E-state index contributed by atoms with van der Waals surface area (Å²) in [6, 6.07) is 1.44. The summed E-state index contributed by atoms with van der Waals surface area (Å²) in [4.78, 5) is 6.06. The predicted octanol–water partition coefficient (Wildman–Crippen LogP) is 2.10. The van der Waals surface area contributed by atoms with Crippen molar-refractivity contribution in [2.24, 2.45) is 5.92 Å². The average Bonchev–Trinajstić information content (AvgIpc) is 2.26. The highest BCUT2D eigenvalue weighted by Gasteiger charge is 2.22. The molecule has 0 saturated carbocycles. The monoisotopic (exact) mass is 363 g/mol. The number of aromatic nitrogens is 1. The van der Waals surface area contributed by atoms with Crippen molar-refractivity contribution in [2.45, 2.75) is 31.2 Å². The van der Waals surface area contributed by atoms with E-state index in [1.54, 1.807) is 12.3 Å². The minimum absolute atomic E-state index is 0.117. The molecule has 1 rings (SSSR count). The number of hydrogen-bond donors (Lipinski definition) is 1. The Hall–Kier alpha value is -0.500. The zero-order chi connectivity index (χ0) is 15.3. The second kappa shape index (κ2) is 7.49. The molecule has 1 atom stereocenters. The Morgan fingerprint density at radius 2 is 2.00 bits per heavy atom. The smallest absolute Gasteiger partial charge is 0.242 e. The Balaban J connectivity index is 2.90. The molecular weight excluding hydrogens is 342 g/mol. The van der Waals surface area contributed by atoms with Crippen LogP contribution in [0.15, 0.2) is 27.8 Å². The highest BCUT2D eigenvalue weighted by molar-refractivity contribution is 9.10. The van der Waals surface area contributed by atoms with Crippen LogP contribution in [0.5, 0.6) is 0 Å². The third kappa shape index (κ3) is 5.87. The van der Waals surface area contributed by atoms with Crippen molar-refractivity contribution < 1.29 is 8.42 Å². The Labute approximate surface area is 130 Å². The van der Waals surface area contributed by atoms with Gasteiger partial charge in [-0.05, 0) is 48.4 Å². The standard InChI is InChI=1S/C13H22BrN3O2S/c1-10(2)5-12(9-17(3)4)16-20(18,19)13-6-11(14)7-15-8-13/h6-8,10,12,16H,5,9H2,1-4H3. The van der Waals surface area contributed by atoms with E-state index in [9.17, 15) is 8.42 Å². The normalized spacial score (nSPS) is 13.9. The first kappa shape index (κ1) is 17.6. The Morgan fingerprint density at radius 3 is 2.50 bits per heavy atom. The molecule has 0 fully saturated rings. The molecule has 0 aliphatic rings. The van der Waals surface area contributed by atoms with Crippen LogP contribution in [0, 0.1) is 5.92 Å². The van der Waals surface area contributed by atoms with E-state index in [1.165, 1.54) is 6.20 Å². The van der Waals surface area contributed by atoms with Crippen molar-refractivity contribution >= 4 is 26.0 Å². The van der Waals surface area contributed by atoms with E-state index >= 15 is 0 Å². The van der Waals surface area contributed by atoms with Gasteiger partial charge in [0.2, 0.25) is 10.0 Å². The molecule has 1 aromatic rings. The molecule has 0 bridgehead atoms. The average molecular weight is 364 g/mol. The molecule has 0 spiro atoms. The number of nitrogens with zero attached hydrogens (tertiary/aromatic N) is 2. The lowest BCUT2D eigenvalue weighted by atomic mass is 10.0. The molecule has 0 radical (unpaired) electrons. The Morgan fingerprint density at radius 1 is 1.35 bits per heavy atom. The number of rotatable bonds is 7. The van der Waals surface area contributed by atoms with Crippen molar-refractivity contribution in [3.63, 3.8) is 0 Å². The molecule has 114 valence electrons. The van der Waals surface area contributed by atoms with Crippen molar-refractivity contribution in [1.29, 1.82) is 0 Å². The minimum Gasteiger partial charge on any atom is -0.308 e. The molecule has 20 heavy (non-hydrogen) atoms. The van der Waals surface area contributed by atoms with Crippen LogP contribution in [0.25, 0.3) is 0 Å². The first-order valence-corrected chi connectivity index (χ1v) is 8.76. The van der Waals surface area contributed by atoms with Crippen molar-refractivity contribution in [3.8, 4) is 0 Å². The maximum atomic E-state index is 12.4. The van der Waals surface area contributed by atoms with E-state index in [0.717, 1.165) is 6.42 Å². The van der Waals surface area contributed by atoms with Crippen molar-refractivity contribution in [3.05, 3.63) is 22.9 Å². The summed E-state index contributed by atoms with van der Waals surface area (Å²) in [7, 11) is 0.323. The van der Waals surface area contributed by atoms with Crippen LogP contribution in [-0.4, -0.2) is 45.0 Å². The highest BCUT2D eigenvalue weighted by atomic mass is 79.9. The Kier molecular flexibility index (Phi) is 6.57. The van der Waals surface area contributed by atoms with Gasteiger partial charge in [0.05, 0.1) is 0 Å². The van der Waals surface area contributed by atoms with Gasteiger partial charge in [0.25, 0.3) is 0 Å². The molecule has 0 saturated heterocycles. The van der Waals surface area contributed by atoms with Crippen molar-refractivity contribution in [2.75, 3.05) is 20.6 Å².